The Morgan fingerprint density at radius 3 is 3.00 bits per heavy atom. The summed E-state index contributed by atoms with van der Waals surface area (Å²) < 4.78 is 10.7. The van der Waals surface area contributed by atoms with Gasteiger partial charge in [-0.3, -0.25) is 4.79 Å². The van der Waals surface area contributed by atoms with E-state index in [1.807, 2.05) is 33.0 Å². The summed E-state index contributed by atoms with van der Waals surface area (Å²) in [5.41, 5.74) is 1.27. The second-order valence-electron chi connectivity index (χ2n) is 7.10. The minimum absolute atomic E-state index is 0.0794. The number of anilines is 1. The maximum atomic E-state index is 12.9. The van der Waals surface area contributed by atoms with Crippen molar-refractivity contribution in [1.82, 2.24) is 20.0 Å². The molecule has 0 spiro atoms. The van der Waals surface area contributed by atoms with Gasteiger partial charge in [-0.25, -0.2) is 4.98 Å². The summed E-state index contributed by atoms with van der Waals surface area (Å²) in [5.74, 6) is 2.27. The molecule has 1 saturated heterocycles. The Balaban J connectivity index is 1.55. The number of hydrogen-bond acceptors (Lipinski definition) is 7. The lowest BCUT2D eigenvalue weighted by Gasteiger charge is -2.34. The van der Waals surface area contributed by atoms with Crippen LogP contribution in [0.3, 0.4) is 0 Å². The third-order valence-corrected chi connectivity index (χ3v) is 5.02. The molecule has 1 fully saturated rings. The first-order chi connectivity index (χ1) is 13.0. The number of fused-ring (bicyclic) bond motifs is 1. The Hall–Kier alpha value is -2.90. The fourth-order valence-electron chi connectivity index (χ4n) is 3.70. The maximum absolute atomic E-state index is 12.9. The van der Waals surface area contributed by atoms with Gasteiger partial charge in [0.05, 0.1) is 24.4 Å². The normalized spacial score (nSPS) is 17.4. The number of piperidine rings is 1. The van der Waals surface area contributed by atoms with Crippen molar-refractivity contribution in [1.29, 1.82) is 0 Å². The molecule has 0 saturated carbocycles. The standard InChI is InChI=1S/C19H23N5O3/c1-12-16-17(20-13(2)21-18(16)27-22-12)24-8-4-6-14(10-24)19(25)23(3)11-15-7-5-9-26-15/h5,7,9,14H,4,6,8,10-11H2,1-3H3. The maximum Gasteiger partial charge on any atom is 0.263 e. The summed E-state index contributed by atoms with van der Waals surface area (Å²) in [6.07, 6.45) is 3.42. The van der Waals surface area contributed by atoms with Crippen molar-refractivity contribution in [3.8, 4) is 0 Å². The van der Waals surface area contributed by atoms with Crippen LogP contribution in [-0.2, 0) is 11.3 Å². The van der Waals surface area contributed by atoms with E-state index in [0.717, 1.165) is 42.0 Å². The van der Waals surface area contributed by atoms with Crippen molar-refractivity contribution in [2.45, 2.75) is 33.2 Å². The molecule has 3 aromatic heterocycles. The van der Waals surface area contributed by atoms with Crippen LogP contribution in [0.25, 0.3) is 11.1 Å². The highest BCUT2D eigenvalue weighted by atomic mass is 16.5. The molecular weight excluding hydrogens is 346 g/mol. The van der Waals surface area contributed by atoms with Gasteiger partial charge in [-0.05, 0) is 38.8 Å². The van der Waals surface area contributed by atoms with Crippen LogP contribution >= 0.6 is 0 Å². The summed E-state index contributed by atoms with van der Waals surface area (Å²) in [6, 6.07) is 3.71. The minimum atomic E-state index is -0.0794. The number of carbonyl (C=O) groups is 1. The van der Waals surface area contributed by atoms with Crippen LogP contribution < -0.4 is 4.90 Å². The predicted octanol–water partition coefficient (Wildman–Crippen LogP) is 2.70. The number of carbonyl (C=O) groups excluding carboxylic acids is 1. The molecular formula is C19H23N5O3. The molecule has 142 valence electrons. The zero-order valence-corrected chi connectivity index (χ0v) is 15.8. The van der Waals surface area contributed by atoms with E-state index in [9.17, 15) is 4.79 Å². The quantitative estimate of drug-likeness (QED) is 0.698. The van der Waals surface area contributed by atoms with Crippen molar-refractivity contribution in [2.75, 3.05) is 25.0 Å². The summed E-state index contributed by atoms with van der Waals surface area (Å²) >= 11 is 0. The zero-order valence-electron chi connectivity index (χ0n) is 15.8. The molecule has 27 heavy (non-hydrogen) atoms. The van der Waals surface area contributed by atoms with E-state index in [-0.39, 0.29) is 11.8 Å². The van der Waals surface area contributed by atoms with E-state index >= 15 is 0 Å². The zero-order chi connectivity index (χ0) is 19.0. The second kappa shape index (κ2) is 7.02. The lowest BCUT2D eigenvalue weighted by atomic mass is 9.96. The molecule has 1 amide bonds. The topological polar surface area (TPSA) is 88.5 Å². The third-order valence-electron chi connectivity index (χ3n) is 5.02. The SMILES string of the molecule is Cc1nc(N2CCCC(C(=O)N(C)Cc3ccco3)C2)c2c(C)noc2n1. The van der Waals surface area contributed by atoms with E-state index in [0.29, 0.717) is 24.6 Å². The molecule has 8 heteroatoms. The largest absolute Gasteiger partial charge is 0.467 e. The third kappa shape index (κ3) is 3.39. The van der Waals surface area contributed by atoms with Gasteiger partial charge in [-0.1, -0.05) is 5.16 Å². The number of hydrogen-bond donors (Lipinski definition) is 0. The highest BCUT2D eigenvalue weighted by Crippen LogP contribution is 2.30. The van der Waals surface area contributed by atoms with Gasteiger partial charge in [-0.2, -0.15) is 4.98 Å². The van der Waals surface area contributed by atoms with E-state index in [2.05, 4.69) is 20.0 Å². The number of amides is 1. The molecule has 0 aromatic carbocycles. The van der Waals surface area contributed by atoms with E-state index in [1.165, 1.54) is 0 Å². The molecule has 1 aliphatic rings. The van der Waals surface area contributed by atoms with Crippen LogP contribution in [0, 0.1) is 19.8 Å². The molecule has 1 unspecified atom stereocenters. The fraction of sp³-hybridized carbons (Fsp3) is 0.474. The Kier molecular flexibility index (Phi) is 4.55. The number of rotatable bonds is 4. The molecule has 8 nitrogen and oxygen atoms in total. The highest BCUT2D eigenvalue weighted by Gasteiger charge is 2.30. The predicted molar refractivity (Wildman–Crippen MR) is 99.2 cm³/mol. The molecule has 0 aliphatic carbocycles. The van der Waals surface area contributed by atoms with Gasteiger partial charge in [0.1, 0.15) is 22.8 Å². The monoisotopic (exact) mass is 369 g/mol. The molecule has 0 N–H and O–H groups in total. The fourth-order valence-corrected chi connectivity index (χ4v) is 3.70. The number of aromatic nitrogens is 3. The molecule has 4 heterocycles. The number of aryl methyl sites for hydroxylation is 2. The summed E-state index contributed by atoms with van der Waals surface area (Å²) in [5, 5.41) is 4.86. The van der Waals surface area contributed by atoms with Crippen LogP contribution in [0.4, 0.5) is 5.82 Å². The lowest BCUT2D eigenvalue weighted by Crippen LogP contribution is -2.44. The Bertz CT molecular complexity index is 950. The Morgan fingerprint density at radius 1 is 1.37 bits per heavy atom. The molecule has 0 bridgehead atoms. The molecule has 0 radical (unpaired) electrons. The minimum Gasteiger partial charge on any atom is -0.467 e. The van der Waals surface area contributed by atoms with Crippen LogP contribution in [0.5, 0.6) is 0 Å². The van der Waals surface area contributed by atoms with Gasteiger partial charge >= 0.3 is 0 Å². The van der Waals surface area contributed by atoms with Crippen molar-refractivity contribution in [3.05, 3.63) is 35.7 Å². The molecule has 4 rings (SSSR count). The first-order valence-corrected chi connectivity index (χ1v) is 9.16. The molecule has 1 atom stereocenters. The lowest BCUT2D eigenvalue weighted by molar-refractivity contribution is -0.135. The number of furan rings is 1. The van der Waals surface area contributed by atoms with Crippen molar-refractivity contribution in [2.24, 2.45) is 5.92 Å². The average Bonchev–Trinajstić information content (AvgIpc) is 3.30. The smallest absolute Gasteiger partial charge is 0.263 e. The van der Waals surface area contributed by atoms with Crippen LogP contribution in [0.15, 0.2) is 27.3 Å². The van der Waals surface area contributed by atoms with Gasteiger partial charge in [0.15, 0.2) is 0 Å². The van der Waals surface area contributed by atoms with E-state index in [4.69, 9.17) is 8.94 Å². The highest BCUT2D eigenvalue weighted by molar-refractivity contribution is 5.88. The van der Waals surface area contributed by atoms with Crippen molar-refractivity contribution >= 4 is 22.8 Å². The summed E-state index contributed by atoms with van der Waals surface area (Å²) in [6.45, 7) is 5.67. The van der Waals surface area contributed by atoms with Gasteiger partial charge in [-0.15, -0.1) is 0 Å². The van der Waals surface area contributed by atoms with Crippen LogP contribution in [0.2, 0.25) is 0 Å². The number of nitrogens with zero attached hydrogens (tertiary/aromatic N) is 5. The van der Waals surface area contributed by atoms with E-state index in [1.54, 1.807) is 11.2 Å². The van der Waals surface area contributed by atoms with Crippen LogP contribution in [-0.4, -0.2) is 46.1 Å². The first kappa shape index (κ1) is 17.5. The van der Waals surface area contributed by atoms with Gasteiger partial charge in [0, 0.05) is 20.1 Å². The molecule has 3 aromatic rings. The first-order valence-electron chi connectivity index (χ1n) is 9.16. The summed E-state index contributed by atoms with van der Waals surface area (Å²) in [4.78, 5) is 25.8. The average molecular weight is 369 g/mol. The Labute approximate surface area is 157 Å². The second-order valence-corrected chi connectivity index (χ2v) is 7.10. The van der Waals surface area contributed by atoms with Crippen molar-refractivity contribution < 1.29 is 13.7 Å². The summed E-state index contributed by atoms with van der Waals surface area (Å²) in [7, 11) is 1.82. The van der Waals surface area contributed by atoms with Crippen LogP contribution in [0.1, 0.15) is 30.1 Å². The van der Waals surface area contributed by atoms with Crippen molar-refractivity contribution in [3.63, 3.8) is 0 Å². The van der Waals surface area contributed by atoms with E-state index < -0.39 is 0 Å². The Morgan fingerprint density at radius 2 is 2.22 bits per heavy atom. The molecule has 1 aliphatic heterocycles. The van der Waals surface area contributed by atoms with Gasteiger partial charge < -0.3 is 18.7 Å². The van der Waals surface area contributed by atoms with Gasteiger partial charge in [0.25, 0.3) is 5.71 Å². The van der Waals surface area contributed by atoms with Gasteiger partial charge in [0.2, 0.25) is 5.91 Å².